The summed E-state index contributed by atoms with van der Waals surface area (Å²) < 4.78 is 26.9. The minimum absolute atomic E-state index is 0.262. The second-order valence-electron chi connectivity index (χ2n) is 8.85. The molecule has 0 spiro atoms. The van der Waals surface area contributed by atoms with Crippen LogP contribution in [0.3, 0.4) is 0 Å². The van der Waals surface area contributed by atoms with E-state index in [1.807, 2.05) is 67.6 Å². The van der Waals surface area contributed by atoms with Gasteiger partial charge in [-0.1, -0.05) is 60.7 Å². The molecular weight excluding hydrogens is 478 g/mol. The number of anilines is 1. The monoisotopic (exact) mass is 504 g/mol. The van der Waals surface area contributed by atoms with Gasteiger partial charge in [0.05, 0.1) is 11.1 Å². The third-order valence-corrected chi connectivity index (χ3v) is 6.25. The highest BCUT2D eigenvalue weighted by molar-refractivity contribution is 5.97. The lowest BCUT2D eigenvalue weighted by atomic mass is 9.74. The third-order valence-electron chi connectivity index (χ3n) is 6.25. The Labute approximate surface area is 212 Å². The highest BCUT2D eigenvalue weighted by Gasteiger charge is 2.34. The molecule has 190 valence electrons. The van der Waals surface area contributed by atoms with Crippen LogP contribution in [0.2, 0.25) is 0 Å². The van der Waals surface area contributed by atoms with Gasteiger partial charge in [0.15, 0.2) is 6.10 Å². The van der Waals surface area contributed by atoms with Crippen molar-refractivity contribution < 1.29 is 23.5 Å². The van der Waals surface area contributed by atoms with Gasteiger partial charge in [0.1, 0.15) is 23.5 Å². The quantitative estimate of drug-likeness (QED) is 0.288. The van der Waals surface area contributed by atoms with Gasteiger partial charge in [-0.25, -0.2) is 8.78 Å². The number of H-pyrrole nitrogens is 1. The summed E-state index contributed by atoms with van der Waals surface area (Å²) in [7, 11) is 0. The summed E-state index contributed by atoms with van der Waals surface area (Å²) in [6.07, 6.45) is -1.85. The van der Waals surface area contributed by atoms with Gasteiger partial charge in [-0.2, -0.15) is 5.10 Å². The van der Waals surface area contributed by atoms with Crippen LogP contribution >= 0.6 is 0 Å². The van der Waals surface area contributed by atoms with E-state index < -0.39 is 41.0 Å². The second-order valence-corrected chi connectivity index (χ2v) is 8.85. The molecule has 3 aromatic carbocycles. The van der Waals surface area contributed by atoms with E-state index in [1.54, 1.807) is 6.07 Å². The van der Waals surface area contributed by atoms with Gasteiger partial charge in [0.2, 0.25) is 5.91 Å². The number of nitrogens with one attached hydrogen (secondary N) is 3. The lowest BCUT2D eigenvalue weighted by Crippen LogP contribution is -2.43. The van der Waals surface area contributed by atoms with Gasteiger partial charge in [0, 0.05) is 12.1 Å². The zero-order chi connectivity index (χ0) is 26.6. The van der Waals surface area contributed by atoms with Gasteiger partial charge < -0.3 is 15.7 Å². The maximum atomic E-state index is 13.4. The number of aromatic amines is 1. The van der Waals surface area contributed by atoms with Crippen LogP contribution in [-0.2, 0) is 15.0 Å². The first-order valence-corrected chi connectivity index (χ1v) is 11.6. The summed E-state index contributed by atoms with van der Waals surface area (Å²) in [4.78, 5) is 25.1. The molecule has 0 radical (unpaired) electrons. The first-order chi connectivity index (χ1) is 17.7. The minimum atomic E-state index is -1.85. The van der Waals surface area contributed by atoms with Crippen molar-refractivity contribution in [2.75, 3.05) is 5.32 Å². The molecule has 0 bridgehead atoms. The molecule has 0 fully saturated rings. The average Bonchev–Trinajstić information content (AvgIpc) is 3.37. The van der Waals surface area contributed by atoms with E-state index in [2.05, 4.69) is 20.8 Å². The summed E-state index contributed by atoms with van der Waals surface area (Å²) in [5.74, 6) is -3.10. The largest absolute Gasteiger partial charge is 0.378 e. The molecular formula is C28H26F2N4O3. The van der Waals surface area contributed by atoms with Crippen LogP contribution in [0.5, 0.6) is 0 Å². The summed E-state index contributed by atoms with van der Waals surface area (Å²) in [6, 6.07) is 22.7. The predicted molar refractivity (Wildman–Crippen MR) is 135 cm³/mol. The topological polar surface area (TPSA) is 107 Å². The average molecular weight is 505 g/mol. The van der Waals surface area contributed by atoms with Crippen molar-refractivity contribution in [1.29, 1.82) is 0 Å². The Morgan fingerprint density at radius 3 is 1.97 bits per heavy atom. The van der Waals surface area contributed by atoms with Crippen molar-refractivity contribution in [2.24, 2.45) is 0 Å². The summed E-state index contributed by atoms with van der Waals surface area (Å²) in [5, 5.41) is 22.5. The number of aliphatic hydroxyl groups excluding tert-OH is 1. The standard InChI is InChI=1S/C28H26F2N4O3/c1-17(31-27(37)25(35)18-13-21(29)15-22(30)14-18)26(36)32-24-16-23(33-34-24)28(2,19-9-5-3-6-10-19)20-11-7-4-8-12-20/h3-17,25,35H,1-2H3,(H,31,37)(H2,32,33,34,36). The Morgan fingerprint density at radius 1 is 0.892 bits per heavy atom. The fourth-order valence-corrected chi connectivity index (χ4v) is 4.13. The molecule has 2 unspecified atom stereocenters. The highest BCUT2D eigenvalue weighted by atomic mass is 19.1. The SMILES string of the molecule is CC(NC(=O)C(O)c1cc(F)cc(F)c1)C(=O)Nc1cc(C(C)(c2ccccc2)c2ccccc2)n[nH]1. The van der Waals surface area contributed by atoms with Gasteiger partial charge in [-0.15, -0.1) is 0 Å². The second kappa shape index (κ2) is 10.7. The zero-order valence-corrected chi connectivity index (χ0v) is 20.2. The van der Waals surface area contributed by atoms with Crippen LogP contribution in [0, 0.1) is 11.6 Å². The van der Waals surface area contributed by atoms with E-state index in [0.717, 1.165) is 23.3 Å². The Balaban J connectivity index is 1.49. The third kappa shape index (κ3) is 5.57. The molecule has 0 saturated carbocycles. The molecule has 4 aromatic rings. The number of carbonyl (C=O) groups excluding carboxylic acids is 2. The number of nitrogens with zero attached hydrogens (tertiary/aromatic N) is 1. The summed E-state index contributed by atoms with van der Waals surface area (Å²) in [5.41, 5.74) is 1.80. The fourth-order valence-electron chi connectivity index (χ4n) is 4.13. The Kier molecular flexibility index (Phi) is 7.45. The normalized spacial score (nSPS) is 13.0. The predicted octanol–water partition coefficient (Wildman–Crippen LogP) is 4.22. The molecule has 0 saturated heterocycles. The van der Waals surface area contributed by atoms with Crippen LogP contribution in [-0.4, -0.2) is 33.2 Å². The number of hydrogen-bond acceptors (Lipinski definition) is 4. The van der Waals surface area contributed by atoms with Crippen molar-refractivity contribution in [3.05, 3.63) is 119 Å². The minimum Gasteiger partial charge on any atom is -0.378 e. The van der Waals surface area contributed by atoms with Crippen LogP contribution in [0.15, 0.2) is 84.9 Å². The number of aromatic nitrogens is 2. The fraction of sp³-hybridized carbons (Fsp3) is 0.179. The lowest BCUT2D eigenvalue weighted by molar-refractivity contribution is -0.132. The van der Waals surface area contributed by atoms with Crippen LogP contribution in [0.1, 0.15) is 42.3 Å². The van der Waals surface area contributed by atoms with Crippen molar-refractivity contribution in [2.45, 2.75) is 31.4 Å². The van der Waals surface area contributed by atoms with E-state index in [0.29, 0.717) is 17.6 Å². The van der Waals surface area contributed by atoms with Crippen LogP contribution in [0.4, 0.5) is 14.6 Å². The Hall–Kier alpha value is -4.37. The molecule has 37 heavy (non-hydrogen) atoms. The van der Waals surface area contributed by atoms with Crippen molar-refractivity contribution >= 4 is 17.6 Å². The molecule has 0 aliphatic carbocycles. The molecule has 2 atom stereocenters. The molecule has 7 nitrogen and oxygen atoms in total. The summed E-state index contributed by atoms with van der Waals surface area (Å²) >= 11 is 0. The summed E-state index contributed by atoms with van der Waals surface area (Å²) in [6.45, 7) is 3.46. The number of hydrogen-bond donors (Lipinski definition) is 4. The van der Waals surface area contributed by atoms with E-state index >= 15 is 0 Å². The molecule has 4 rings (SSSR count). The number of aliphatic hydroxyl groups is 1. The van der Waals surface area contributed by atoms with Crippen LogP contribution in [0.25, 0.3) is 0 Å². The molecule has 0 aliphatic heterocycles. The molecule has 1 heterocycles. The molecule has 1 aromatic heterocycles. The van der Waals surface area contributed by atoms with Crippen molar-refractivity contribution in [1.82, 2.24) is 15.5 Å². The molecule has 0 aliphatic rings. The van der Waals surface area contributed by atoms with Crippen molar-refractivity contribution in [3.63, 3.8) is 0 Å². The Bertz CT molecular complexity index is 1330. The van der Waals surface area contributed by atoms with Crippen molar-refractivity contribution in [3.8, 4) is 0 Å². The molecule has 9 heteroatoms. The van der Waals surface area contributed by atoms with E-state index in [-0.39, 0.29) is 5.56 Å². The first-order valence-electron chi connectivity index (χ1n) is 11.6. The lowest BCUT2D eigenvalue weighted by Gasteiger charge is -2.29. The number of amides is 2. The number of halogens is 2. The zero-order valence-electron chi connectivity index (χ0n) is 20.2. The smallest absolute Gasteiger partial charge is 0.254 e. The molecule has 2 amide bonds. The van der Waals surface area contributed by atoms with Gasteiger partial charge in [-0.3, -0.25) is 14.7 Å². The number of rotatable bonds is 8. The van der Waals surface area contributed by atoms with E-state index in [4.69, 9.17) is 0 Å². The highest BCUT2D eigenvalue weighted by Crippen LogP contribution is 2.38. The van der Waals surface area contributed by atoms with Gasteiger partial charge in [0.25, 0.3) is 5.91 Å². The van der Waals surface area contributed by atoms with Gasteiger partial charge in [-0.05, 0) is 42.7 Å². The van der Waals surface area contributed by atoms with E-state index in [1.165, 1.54) is 6.92 Å². The maximum absolute atomic E-state index is 13.4. The number of carbonyl (C=O) groups is 2. The molecule has 4 N–H and O–H groups in total. The number of benzene rings is 3. The van der Waals surface area contributed by atoms with Crippen LogP contribution < -0.4 is 10.6 Å². The Morgan fingerprint density at radius 2 is 1.43 bits per heavy atom. The van der Waals surface area contributed by atoms with Gasteiger partial charge >= 0.3 is 0 Å². The first kappa shape index (κ1) is 25.7. The van der Waals surface area contributed by atoms with E-state index in [9.17, 15) is 23.5 Å². The maximum Gasteiger partial charge on any atom is 0.254 e.